The number of nitrogens with zero attached hydrogens (tertiary/aromatic N) is 2. The van der Waals surface area contributed by atoms with Crippen LogP contribution < -0.4 is 5.32 Å². The number of nitrogens with one attached hydrogen (secondary N) is 1. The van der Waals surface area contributed by atoms with Gasteiger partial charge < -0.3 is 5.32 Å². The van der Waals surface area contributed by atoms with E-state index >= 15 is 0 Å². The lowest BCUT2D eigenvalue weighted by Gasteiger charge is -2.33. The quantitative estimate of drug-likeness (QED) is 0.883. The summed E-state index contributed by atoms with van der Waals surface area (Å²) in [4.78, 5) is 31.9. The average molecular weight is 377 g/mol. The fourth-order valence-electron chi connectivity index (χ4n) is 3.32. The number of para-hydroxylation sites is 1. The van der Waals surface area contributed by atoms with Crippen molar-refractivity contribution >= 4 is 34.4 Å². The number of allylic oxidation sites excluding steroid dienone is 1. The van der Waals surface area contributed by atoms with E-state index in [-0.39, 0.29) is 11.8 Å². The summed E-state index contributed by atoms with van der Waals surface area (Å²) < 4.78 is 0. The van der Waals surface area contributed by atoms with Gasteiger partial charge in [-0.05, 0) is 31.5 Å². The van der Waals surface area contributed by atoms with Crippen molar-refractivity contribution in [3.8, 4) is 0 Å². The Morgan fingerprint density at radius 1 is 1.11 bits per heavy atom. The minimum atomic E-state index is -0.468. The summed E-state index contributed by atoms with van der Waals surface area (Å²) in [5, 5.41) is 3.60. The van der Waals surface area contributed by atoms with Crippen LogP contribution in [0.25, 0.3) is 0 Å². The molecule has 0 aromatic heterocycles. The molecule has 2 aliphatic rings. The first kappa shape index (κ1) is 17.5. The number of amides is 2. The van der Waals surface area contributed by atoms with Crippen molar-refractivity contribution in [2.75, 3.05) is 11.1 Å². The van der Waals surface area contributed by atoms with Crippen LogP contribution in [0.15, 0.2) is 70.9 Å². The number of rotatable bonds is 3. The van der Waals surface area contributed by atoms with Crippen molar-refractivity contribution < 1.29 is 9.59 Å². The summed E-state index contributed by atoms with van der Waals surface area (Å²) in [6.07, 6.45) is 0. The predicted molar refractivity (Wildman–Crippen MR) is 108 cm³/mol. The van der Waals surface area contributed by atoms with Crippen LogP contribution >= 0.6 is 11.8 Å². The lowest BCUT2D eigenvalue weighted by molar-refractivity contribution is -0.125. The largest absolute Gasteiger partial charge is 0.322 e. The number of carbonyl (C=O) groups is 2. The Bertz CT molecular complexity index is 965. The molecule has 0 radical (unpaired) electrons. The molecule has 0 unspecified atom stereocenters. The fraction of sp³-hybridized carbons (Fsp3) is 0.190. The number of benzene rings is 2. The first-order valence-corrected chi connectivity index (χ1v) is 9.70. The van der Waals surface area contributed by atoms with Crippen LogP contribution in [0.3, 0.4) is 0 Å². The predicted octanol–water partition coefficient (Wildman–Crippen LogP) is 3.89. The highest BCUT2D eigenvalue weighted by molar-refractivity contribution is 8.15. The van der Waals surface area contributed by atoms with Crippen LogP contribution in [0, 0.1) is 6.92 Å². The van der Waals surface area contributed by atoms with Gasteiger partial charge in [-0.15, -0.1) is 0 Å². The maximum absolute atomic E-state index is 13.1. The molecule has 5 nitrogen and oxygen atoms in total. The van der Waals surface area contributed by atoms with Gasteiger partial charge in [0, 0.05) is 5.69 Å². The van der Waals surface area contributed by atoms with E-state index in [0.717, 1.165) is 11.1 Å². The summed E-state index contributed by atoms with van der Waals surface area (Å²) in [6, 6.07) is 16.8. The Labute approximate surface area is 162 Å². The normalized spacial score (nSPS) is 19.0. The third kappa shape index (κ3) is 3.28. The van der Waals surface area contributed by atoms with Crippen molar-refractivity contribution in [1.29, 1.82) is 0 Å². The fourth-order valence-corrected chi connectivity index (χ4v) is 4.26. The third-order valence-corrected chi connectivity index (χ3v) is 5.59. The molecule has 0 aliphatic carbocycles. The van der Waals surface area contributed by atoms with Crippen molar-refractivity contribution in [3.63, 3.8) is 0 Å². The third-order valence-electron chi connectivity index (χ3n) is 4.65. The SMILES string of the molecule is CC1=C(C(=O)Nc2ccccc2)[C@H](c2ccc(C)cc2)N2C(=O)CSC2=N1. The lowest BCUT2D eigenvalue weighted by Crippen LogP contribution is -2.40. The number of thioether (sulfide) groups is 1. The second-order valence-electron chi connectivity index (χ2n) is 6.58. The maximum atomic E-state index is 13.1. The minimum absolute atomic E-state index is 0.0261. The number of aryl methyl sites for hydroxylation is 1. The molecule has 0 spiro atoms. The van der Waals surface area contributed by atoms with E-state index in [2.05, 4.69) is 10.3 Å². The molecule has 27 heavy (non-hydrogen) atoms. The Kier molecular flexibility index (Phi) is 4.58. The molecule has 2 aliphatic heterocycles. The van der Waals surface area contributed by atoms with Gasteiger partial charge in [-0.1, -0.05) is 59.8 Å². The molecular weight excluding hydrogens is 358 g/mol. The van der Waals surface area contributed by atoms with E-state index in [4.69, 9.17) is 0 Å². The van der Waals surface area contributed by atoms with Crippen molar-refractivity contribution in [2.24, 2.45) is 4.99 Å². The zero-order valence-corrected chi connectivity index (χ0v) is 15.9. The first-order chi connectivity index (χ1) is 13.0. The standard InChI is InChI=1S/C21H19N3O2S/c1-13-8-10-15(11-9-13)19-18(20(26)23-16-6-4-3-5-7-16)14(2)22-21-24(19)17(25)12-27-21/h3-11,19H,12H2,1-2H3,(H,23,26)/t19-/m0/s1. The maximum Gasteiger partial charge on any atom is 0.255 e. The zero-order valence-electron chi connectivity index (χ0n) is 15.1. The van der Waals surface area contributed by atoms with E-state index in [1.807, 2.05) is 68.4 Å². The van der Waals surface area contributed by atoms with Crippen LogP contribution in [0.4, 0.5) is 5.69 Å². The average Bonchev–Trinajstić information content (AvgIpc) is 3.02. The molecule has 0 bridgehead atoms. The monoisotopic (exact) mass is 377 g/mol. The number of hydrogen-bond acceptors (Lipinski definition) is 4. The van der Waals surface area contributed by atoms with Crippen LogP contribution in [0.2, 0.25) is 0 Å². The molecule has 1 N–H and O–H groups in total. The van der Waals surface area contributed by atoms with E-state index < -0.39 is 6.04 Å². The molecule has 1 saturated heterocycles. The highest BCUT2D eigenvalue weighted by Crippen LogP contribution is 2.41. The molecule has 1 atom stereocenters. The Hall–Kier alpha value is -2.86. The molecule has 2 aromatic carbocycles. The second-order valence-corrected chi connectivity index (χ2v) is 7.52. The smallest absolute Gasteiger partial charge is 0.255 e. The molecule has 4 rings (SSSR count). The van der Waals surface area contributed by atoms with Crippen LogP contribution in [0.5, 0.6) is 0 Å². The van der Waals surface area contributed by atoms with E-state index in [9.17, 15) is 9.59 Å². The van der Waals surface area contributed by atoms with Gasteiger partial charge in [-0.3, -0.25) is 14.5 Å². The zero-order chi connectivity index (χ0) is 19.0. The second kappa shape index (κ2) is 7.04. The summed E-state index contributed by atoms with van der Waals surface area (Å²) in [5.41, 5.74) is 3.88. The van der Waals surface area contributed by atoms with Crippen molar-refractivity contribution in [2.45, 2.75) is 19.9 Å². The molecule has 6 heteroatoms. The summed E-state index contributed by atoms with van der Waals surface area (Å²) in [6.45, 7) is 3.84. The van der Waals surface area contributed by atoms with Gasteiger partial charge >= 0.3 is 0 Å². The van der Waals surface area contributed by atoms with Crippen molar-refractivity contribution in [1.82, 2.24) is 4.90 Å². The van der Waals surface area contributed by atoms with E-state index in [1.165, 1.54) is 11.8 Å². The van der Waals surface area contributed by atoms with Gasteiger partial charge in [0.2, 0.25) is 5.91 Å². The molecule has 0 saturated carbocycles. The van der Waals surface area contributed by atoms with E-state index in [0.29, 0.717) is 27.9 Å². The summed E-state index contributed by atoms with van der Waals surface area (Å²) in [5.74, 6) is 0.0841. The Morgan fingerprint density at radius 2 is 1.81 bits per heavy atom. The molecular formula is C21H19N3O2S. The summed E-state index contributed by atoms with van der Waals surface area (Å²) in [7, 11) is 0. The molecule has 2 heterocycles. The lowest BCUT2D eigenvalue weighted by atomic mass is 9.93. The van der Waals surface area contributed by atoms with Gasteiger partial charge in [0.15, 0.2) is 5.17 Å². The Balaban J connectivity index is 1.78. The molecule has 2 amide bonds. The van der Waals surface area contributed by atoms with Crippen molar-refractivity contribution in [3.05, 3.63) is 77.0 Å². The van der Waals surface area contributed by atoms with Gasteiger partial charge in [0.1, 0.15) is 0 Å². The number of carbonyl (C=O) groups excluding carboxylic acids is 2. The van der Waals surface area contributed by atoms with Crippen LogP contribution in [-0.4, -0.2) is 27.6 Å². The van der Waals surface area contributed by atoms with Crippen LogP contribution in [0.1, 0.15) is 24.1 Å². The molecule has 2 aromatic rings. The first-order valence-electron chi connectivity index (χ1n) is 8.72. The van der Waals surface area contributed by atoms with Gasteiger partial charge in [-0.2, -0.15) is 0 Å². The molecule has 136 valence electrons. The van der Waals surface area contributed by atoms with E-state index in [1.54, 1.807) is 4.90 Å². The van der Waals surface area contributed by atoms with Gasteiger partial charge in [0.25, 0.3) is 5.91 Å². The number of aliphatic imine (C=N–C) groups is 1. The highest BCUT2D eigenvalue weighted by Gasteiger charge is 2.42. The minimum Gasteiger partial charge on any atom is -0.322 e. The van der Waals surface area contributed by atoms with Gasteiger partial charge in [0.05, 0.1) is 23.1 Å². The number of fused-ring (bicyclic) bond motifs is 1. The summed E-state index contributed by atoms with van der Waals surface area (Å²) >= 11 is 1.42. The number of amidine groups is 1. The van der Waals surface area contributed by atoms with Crippen LogP contribution in [-0.2, 0) is 9.59 Å². The number of anilines is 1. The molecule has 1 fully saturated rings. The highest BCUT2D eigenvalue weighted by atomic mass is 32.2. The Morgan fingerprint density at radius 3 is 2.52 bits per heavy atom. The topological polar surface area (TPSA) is 61.8 Å². The number of hydrogen-bond donors (Lipinski definition) is 1. The van der Waals surface area contributed by atoms with Gasteiger partial charge in [-0.25, -0.2) is 4.99 Å².